The van der Waals surface area contributed by atoms with E-state index in [9.17, 15) is 40.7 Å². The molecule has 0 bridgehead atoms. The van der Waals surface area contributed by atoms with Crippen LogP contribution in [0.2, 0.25) is 0 Å². The van der Waals surface area contributed by atoms with E-state index in [2.05, 4.69) is 9.47 Å². The van der Waals surface area contributed by atoms with E-state index in [4.69, 9.17) is 4.74 Å². The molecule has 0 amide bonds. The maximum Gasteiger partial charge on any atom is 0.434 e. The first kappa shape index (κ1) is 22.0. The molecule has 1 aliphatic rings. The smallest absolute Gasteiger partial charge is 0.434 e. The summed E-state index contributed by atoms with van der Waals surface area (Å²) in [4.78, 5) is 35.0. The van der Waals surface area contributed by atoms with Gasteiger partial charge < -0.3 is 14.2 Å². The minimum Gasteiger partial charge on any atom is -0.463 e. The molecule has 0 aromatic carbocycles. The van der Waals surface area contributed by atoms with Crippen molar-refractivity contribution in [1.29, 1.82) is 0 Å². The molecule has 0 aromatic rings. The lowest BCUT2D eigenvalue weighted by molar-refractivity contribution is -0.313. The van der Waals surface area contributed by atoms with Crippen LogP contribution in [0.25, 0.3) is 0 Å². The zero-order chi connectivity index (χ0) is 20.3. The van der Waals surface area contributed by atoms with Gasteiger partial charge in [-0.2, -0.15) is 26.3 Å². The molecule has 0 saturated carbocycles. The van der Waals surface area contributed by atoms with Crippen molar-refractivity contribution in [2.24, 2.45) is 5.41 Å². The highest BCUT2D eigenvalue weighted by Crippen LogP contribution is 2.37. The highest BCUT2D eigenvalue weighted by Gasteiger charge is 2.60. The fourth-order valence-electron chi connectivity index (χ4n) is 2.01. The predicted molar refractivity (Wildman–Crippen MR) is 70.5 cm³/mol. The normalized spacial score (nSPS) is 20.5. The van der Waals surface area contributed by atoms with Crippen molar-refractivity contribution in [2.45, 2.75) is 57.7 Å². The fourth-order valence-corrected chi connectivity index (χ4v) is 2.01. The Kier molecular flexibility index (Phi) is 6.53. The van der Waals surface area contributed by atoms with Crippen molar-refractivity contribution >= 4 is 17.9 Å². The number of hydrogen-bond acceptors (Lipinski definition) is 6. The summed E-state index contributed by atoms with van der Waals surface area (Å²) in [5.41, 5.74) is -1.78. The zero-order valence-electron chi connectivity index (χ0n) is 13.7. The lowest BCUT2D eigenvalue weighted by Crippen LogP contribution is -2.46. The molecule has 6 nitrogen and oxygen atoms in total. The second-order valence-corrected chi connectivity index (χ2v) is 5.89. The molecule has 1 aliphatic heterocycles. The Balaban J connectivity index is 2.82. The van der Waals surface area contributed by atoms with Crippen LogP contribution in [0.15, 0.2) is 0 Å². The van der Waals surface area contributed by atoms with E-state index in [0.717, 1.165) is 6.92 Å². The van der Waals surface area contributed by atoms with Gasteiger partial charge in [-0.1, -0.05) is 6.92 Å². The van der Waals surface area contributed by atoms with Crippen LogP contribution in [0.1, 0.15) is 33.1 Å². The molecule has 2 unspecified atom stereocenters. The second kappa shape index (κ2) is 7.70. The van der Waals surface area contributed by atoms with Crippen LogP contribution in [0.3, 0.4) is 0 Å². The number of ether oxygens (including phenoxy) is 3. The van der Waals surface area contributed by atoms with Gasteiger partial charge in [0.15, 0.2) is 0 Å². The third-order valence-electron chi connectivity index (χ3n) is 3.79. The number of esters is 3. The summed E-state index contributed by atoms with van der Waals surface area (Å²) in [5.74, 6) is -3.83. The van der Waals surface area contributed by atoms with E-state index in [0.29, 0.717) is 0 Å². The van der Waals surface area contributed by atoms with Crippen molar-refractivity contribution in [2.75, 3.05) is 6.61 Å². The van der Waals surface area contributed by atoms with Crippen molar-refractivity contribution in [1.82, 2.24) is 0 Å². The molecule has 1 rings (SSSR count). The molecular formula is C14H16F6O6. The number of rotatable bonds is 6. The van der Waals surface area contributed by atoms with E-state index < -0.39 is 54.3 Å². The molecule has 150 valence electrons. The summed E-state index contributed by atoms with van der Waals surface area (Å²) < 4.78 is 87.5. The quantitative estimate of drug-likeness (QED) is 0.392. The molecule has 0 radical (unpaired) electrons. The SMILES string of the molecule is CCC(C)(CC(=O)OC(C(F)(F)F)C(F)(F)F)C(=O)OC1CCOC1=O. The Morgan fingerprint density at radius 2 is 1.73 bits per heavy atom. The minimum absolute atomic E-state index is 0.000502. The Hall–Kier alpha value is -2.01. The van der Waals surface area contributed by atoms with Crippen molar-refractivity contribution in [3.63, 3.8) is 0 Å². The lowest BCUT2D eigenvalue weighted by atomic mass is 9.84. The van der Waals surface area contributed by atoms with Crippen molar-refractivity contribution in [3.8, 4) is 0 Å². The van der Waals surface area contributed by atoms with Crippen LogP contribution >= 0.6 is 0 Å². The molecule has 1 fully saturated rings. The maximum atomic E-state index is 12.4. The van der Waals surface area contributed by atoms with Gasteiger partial charge in [-0.05, 0) is 13.3 Å². The molecule has 26 heavy (non-hydrogen) atoms. The third-order valence-corrected chi connectivity index (χ3v) is 3.79. The zero-order valence-corrected chi connectivity index (χ0v) is 13.7. The van der Waals surface area contributed by atoms with Gasteiger partial charge in [-0.3, -0.25) is 9.59 Å². The number of carbonyl (C=O) groups is 3. The molecule has 1 saturated heterocycles. The fraction of sp³-hybridized carbons (Fsp3) is 0.786. The Labute approximate surface area is 143 Å². The van der Waals surface area contributed by atoms with E-state index in [1.807, 2.05) is 0 Å². The highest BCUT2D eigenvalue weighted by molar-refractivity contribution is 5.86. The summed E-state index contributed by atoms with van der Waals surface area (Å²) in [6.07, 6.45) is -18.4. The molecule has 2 atom stereocenters. The Morgan fingerprint density at radius 1 is 1.19 bits per heavy atom. The first-order chi connectivity index (χ1) is 11.7. The molecule has 0 spiro atoms. The van der Waals surface area contributed by atoms with Crippen LogP contribution in [0.5, 0.6) is 0 Å². The van der Waals surface area contributed by atoms with E-state index in [1.54, 1.807) is 0 Å². The molecule has 1 heterocycles. The lowest BCUT2D eigenvalue weighted by Gasteiger charge is -2.28. The number of hydrogen-bond donors (Lipinski definition) is 0. The van der Waals surface area contributed by atoms with Crippen molar-refractivity contribution in [3.05, 3.63) is 0 Å². The van der Waals surface area contributed by atoms with Gasteiger partial charge in [0.05, 0.1) is 18.4 Å². The van der Waals surface area contributed by atoms with Crippen LogP contribution in [0.4, 0.5) is 26.3 Å². The molecule has 0 aliphatic carbocycles. The number of alkyl halides is 6. The molecular weight excluding hydrogens is 378 g/mol. The van der Waals surface area contributed by atoms with Gasteiger partial charge in [0.2, 0.25) is 6.10 Å². The summed E-state index contributed by atoms with van der Waals surface area (Å²) in [6, 6.07) is 0. The standard InChI is InChI=1S/C14H16F6O6/c1-3-12(2,11(23)25-7-4-5-24-9(7)22)6-8(21)26-10(13(15,16)17)14(18,19)20/h7,10H,3-6H2,1-2H3. The summed E-state index contributed by atoms with van der Waals surface area (Å²) in [5, 5.41) is 0. The van der Waals surface area contributed by atoms with Crippen LogP contribution in [-0.2, 0) is 28.6 Å². The first-order valence-electron chi connectivity index (χ1n) is 7.41. The summed E-state index contributed by atoms with van der Waals surface area (Å²) in [7, 11) is 0. The molecule has 0 aromatic heterocycles. The Bertz CT molecular complexity index is 543. The number of carbonyl (C=O) groups excluding carboxylic acids is 3. The average Bonchev–Trinajstić information content (AvgIpc) is 2.87. The largest absolute Gasteiger partial charge is 0.463 e. The van der Waals surface area contributed by atoms with E-state index >= 15 is 0 Å². The number of cyclic esters (lactones) is 1. The third kappa shape index (κ3) is 5.49. The minimum atomic E-state index is -5.86. The summed E-state index contributed by atoms with van der Waals surface area (Å²) in [6.45, 7) is 2.47. The second-order valence-electron chi connectivity index (χ2n) is 5.89. The first-order valence-corrected chi connectivity index (χ1v) is 7.41. The van der Waals surface area contributed by atoms with Crippen molar-refractivity contribution < 1.29 is 54.9 Å². The van der Waals surface area contributed by atoms with Gasteiger partial charge in [0.25, 0.3) is 6.10 Å². The van der Waals surface area contributed by atoms with Gasteiger partial charge in [-0.15, -0.1) is 0 Å². The predicted octanol–water partition coefficient (Wildman–Crippen LogP) is 2.69. The highest BCUT2D eigenvalue weighted by atomic mass is 19.4. The summed E-state index contributed by atoms with van der Waals surface area (Å²) >= 11 is 0. The van der Waals surface area contributed by atoms with Gasteiger partial charge in [0.1, 0.15) is 0 Å². The van der Waals surface area contributed by atoms with E-state index in [-0.39, 0.29) is 19.4 Å². The molecule has 0 N–H and O–H groups in total. The van der Waals surface area contributed by atoms with Gasteiger partial charge >= 0.3 is 30.3 Å². The van der Waals surface area contributed by atoms with Crippen LogP contribution in [-0.4, -0.2) is 49.1 Å². The average molecular weight is 394 g/mol. The Morgan fingerprint density at radius 3 is 2.12 bits per heavy atom. The number of halogens is 6. The van der Waals surface area contributed by atoms with Gasteiger partial charge in [-0.25, -0.2) is 4.79 Å². The maximum absolute atomic E-state index is 12.4. The van der Waals surface area contributed by atoms with Crippen LogP contribution < -0.4 is 0 Å². The van der Waals surface area contributed by atoms with Gasteiger partial charge in [0, 0.05) is 6.42 Å². The van der Waals surface area contributed by atoms with Crippen LogP contribution in [0, 0.1) is 5.41 Å². The topological polar surface area (TPSA) is 78.9 Å². The monoisotopic (exact) mass is 394 g/mol. The van der Waals surface area contributed by atoms with E-state index in [1.165, 1.54) is 6.92 Å². The molecule has 12 heteroatoms.